The van der Waals surface area contributed by atoms with Gasteiger partial charge in [-0.1, -0.05) is 12.1 Å². The summed E-state index contributed by atoms with van der Waals surface area (Å²) in [5.74, 6) is -0.0372. The highest BCUT2D eigenvalue weighted by Crippen LogP contribution is 2.29. The van der Waals surface area contributed by atoms with Crippen molar-refractivity contribution in [2.45, 2.75) is 6.42 Å². The number of rotatable bonds is 6. The third-order valence-electron chi connectivity index (χ3n) is 5.04. The molecule has 0 unspecified atom stereocenters. The molecule has 1 fully saturated rings. The minimum absolute atomic E-state index is 0.0871. The molecule has 1 aliphatic heterocycles. The number of hydrogen-bond acceptors (Lipinski definition) is 5. The number of benzene rings is 2. The number of hydrogen-bond donors (Lipinski definition) is 2. The van der Waals surface area contributed by atoms with Crippen LogP contribution in [0.4, 0.5) is 5.82 Å². The molecular formula is C21H20N4O4. The number of ether oxygens (including phenoxy) is 1. The van der Waals surface area contributed by atoms with Crippen molar-refractivity contribution in [3.05, 3.63) is 54.1 Å². The minimum atomic E-state index is -0.526. The van der Waals surface area contributed by atoms with Gasteiger partial charge in [0.25, 0.3) is 0 Å². The maximum atomic E-state index is 12.5. The molecule has 0 bridgehead atoms. The molecule has 1 saturated heterocycles. The van der Waals surface area contributed by atoms with E-state index in [9.17, 15) is 14.4 Å². The van der Waals surface area contributed by atoms with Crippen LogP contribution in [0.15, 0.2) is 48.5 Å². The zero-order chi connectivity index (χ0) is 20.4. The Bertz CT molecular complexity index is 1070. The second-order valence-electron chi connectivity index (χ2n) is 6.87. The predicted octanol–water partition coefficient (Wildman–Crippen LogP) is 1.92. The Balaban J connectivity index is 1.38. The van der Waals surface area contributed by atoms with Gasteiger partial charge in [0.2, 0.25) is 11.8 Å². The molecule has 1 atom stereocenters. The molecule has 0 aliphatic carbocycles. The summed E-state index contributed by atoms with van der Waals surface area (Å²) < 4.78 is 5.07. The van der Waals surface area contributed by atoms with Gasteiger partial charge in [0.1, 0.15) is 5.75 Å². The Morgan fingerprint density at radius 3 is 2.72 bits per heavy atom. The van der Waals surface area contributed by atoms with Crippen LogP contribution >= 0.6 is 0 Å². The number of methoxy groups -OCH3 is 1. The van der Waals surface area contributed by atoms with Gasteiger partial charge in [-0.3, -0.25) is 24.4 Å². The maximum Gasteiger partial charge on any atom is 0.229 e. The molecule has 4 rings (SSSR count). The van der Waals surface area contributed by atoms with E-state index in [1.165, 1.54) is 4.90 Å². The molecular weight excluding hydrogens is 372 g/mol. The molecule has 8 heteroatoms. The van der Waals surface area contributed by atoms with Crippen LogP contribution in [0.2, 0.25) is 0 Å². The highest BCUT2D eigenvalue weighted by atomic mass is 16.5. The van der Waals surface area contributed by atoms with Crippen LogP contribution in [-0.2, 0) is 9.59 Å². The lowest BCUT2D eigenvalue weighted by Crippen LogP contribution is -2.36. The largest absolute Gasteiger partial charge is 0.497 e. The summed E-state index contributed by atoms with van der Waals surface area (Å²) in [6.45, 7) is 0.109. The lowest BCUT2D eigenvalue weighted by Gasteiger charge is -2.14. The van der Waals surface area contributed by atoms with Gasteiger partial charge in [0, 0.05) is 23.9 Å². The van der Waals surface area contributed by atoms with Crippen molar-refractivity contribution < 1.29 is 19.1 Å². The Labute approximate surface area is 166 Å². The first-order valence-electron chi connectivity index (χ1n) is 9.25. The van der Waals surface area contributed by atoms with Crippen LogP contribution in [-0.4, -0.2) is 48.0 Å². The molecule has 1 aliphatic rings. The predicted molar refractivity (Wildman–Crippen MR) is 107 cm³/mol. The summed E-state index contributed by atoms with van der Waals surface area (Å²) in [6.07, 6.45) is 0.0871. The zero-order valence-electron chi connectivity index (χ0n) is 15.8. The molecule has 2 amide bonds. The summed E-state index contributed by atoms with van der Waals surface area (Å²) in [4.78, 5) is 38.8. The highest BCUT2D eigenvalue weighted by Gasteiger charge is 2.36. The smallest absolute Gasteiger partial charge is 0.229 e. The summed E-state index contributed by atoms with van der Waals surface area (Å²) in [5.41, 5.74) is 1.31. The van der Waals surface area contributed by atoms with Gasteiger partial charge in [-0.25, -0.2) is 0 Å². The molecule has 2 heterocycles. The number of nitrogens with one attached hydrogen (secondary N) is 2. The third-order valence-corrected chi connectivity index (χ3v) is 5.04. The Hall–Kier alpha value is -3.68. The lowest BCUT2D eigenvalue weighted by atomic mass is 10.1. The fourth-order valence-electron chi connectivity index (χ4n) is 3.43. The number of nitrogens with zero attached hydrogens (tertiary/aromatic N) is 2. The number of anilines is 1. The normalized spacial score (nSPS) is 16.2. The fourth-order valence-corrected chi connectivity index (χ4v) is 3.43. The summed E-state index contributed by atoms with van der Waals surface area (Å²) >= 11 is 0. The van der Waals surface area contributed by atoms with E-state index < -0.39 is 5.92 Å². The second kappa shape index (κ2) is 7.75. The average molecular weight is 392 g/mol. The minimum Gasteiger partial charge on any atom is -0.497 e. The molecule has 148 valence electrons. The van der Waals surface area contributed by atoms with E-state index in [0.29, 0.717) is 17.1 Å². The Morgan fingerprint density at radius 2 is 1.97 bits per heavy atom. The lowest BCUT2D eigenvalue weighted by molar-refractivity contribution is -0.126. The van der Waals surface area contributed by atoms with Gasteiger partial charge >= 0.3 is 0 Å². The van der Waals surface area contributed by atoms with Crippen LogP contribution in [0.1, 0.15) is 16.8 Å². The number of fused-ring (bicyclic) bond motifs is 1. The van der Waals surface area contributed by atoms with E-state index >= 15 is 0 Å². The van der Waals surface area contributed by atoms with Gasteiger partial charge in [-0.15, -0.1) is 0 Å². The van der Waals surface area contributed by atoms with E-state index in [0.717, 1.165) is 10.9 Å². The van der Waals surface area contributed by atoms with Gasteiger partial charge in [-0.05, 0) is 36.4 Å². The third kappa shape index (κ3) is 3.69. The van der Waals surface area contributed by atoms with Crippen LogP contribution < -0.4 is 15.0 Å². The Kier molecular flexibility index (Phi) is 4.99. The molecule has 8 nitrogen and oxygen atoms in total. The molecule has 1 aromatic heterocycles. The van der Waals surface area contributed by atoms with E-state index in [1.807, 2.05) is 24.3 Å². The number of H-pyrrole nitrogens is 1. The quantitative estimate of drug-likeness (QED) is 0.624. The number of carbonyl (C=O) groups is 3. The van der Waals surface area contributed by atoms with E-state index in [4.69, 9.17) is 4.74 Å². The molecule has 0 saturated carbocycles. The van der Waals surface area contributed by atoms with Gasteiger partial charge in [-0.2, -0.15) is 5.10 Å². The van der Waals surface area contributed by atoms with E-state index in [2.05, 4.69) is 15.5 Å². The van der Waals surface area contributed by atoms with Crippen molar-refractivity contribution in [2.24, 2.45) is 5.92 Å². The maximum absolute atomic E-state index is 12.5. The van der Waals surface area contributed by atoms with Crippen molar-refractivity contribution in [1.82, 2.24) is 15.5 Å². The summed E-state index contributed by atoms with van der Waals surface area (Å²) in [5, 5.41) is 10.6. The summed E-state index contributed by atoms with van der Waals surface area (Å²) in [6, 6.07) is 14.2. The SMILES string of the molecule is COc1ccc(C(=O)CNC(=O)[C@H]2CC(=O)N(c3n[nH]c4ccccc34)C2)cc1. The van der Waals surface area contributed by atoms with E-state index in [1.54, 1.807) is 31.4 Å². The number of aromatic amines is 1. The van der Waals surface area contributed by atoms with Gasteiger partial charge in [0.15, 0.2) is 11.6 Å². The van der Waals surface area contributed by atoms with Crippen molar-refractivity contribution in [1.29, 1.82) is 0 Å². The first-order valence-corrected chi connectivity index (χ1v) is 9.25. The number of carbonyl (C=O) groups excluding carboxylic acids is 3. The molecule has 2 N–H and O–H groups in total. The van der Waals surface area contributed by atoms with Crippen LogP contribution in [0.5, 0.6) is 5.75 Å². The zero-order valence-corrected chi connectivity index (χ0v) is 15.8. The number of aromatic nitrogens is 2. The van der Waals surface area contributed by atoms with Crippen LogP contribution in [0.3, 0.4) is 0 Å². The summed E-state index contributed by atoms with van der Waals surface area (Å²) in [7, 11) is 1.55. The van der Waals surface area contributed by atoms with Gasteiger partial charge in [0.05, 0.1) is 25.1 Å². The average Bonchev–Trinajstić information content (AvgIpc) is 3.35. The standard InChI is InChI=1S/C21H20N4O4/c1-29-15-8-6-13(7-9-15)18(26)11-22-21(28)14-10-19(27)25(12-14)20-16-4-2-3-5-17(16)23-24-20/h2-9,14H,10-12H2,1H3,(H,22,28)(H,23,24)/t14-/m0/s1. The number of ketones is 1. The van der Waals surface area contributed by atoms with Gasteiger partial charge < -0.3 is 10.1 Å². The molecule has 29 heavy (non-hydrogen) atoms. The number of para-hydroxylation sites is 1. The van der Waals surface area contributed by atoms with Crippen molar-refractivity contribution >= 4 is 34.3 Å². The van der Waals surface area contributed by atoms with Crippen LogP contribution in [0, 0.1) is 5.92 Å². The van der Waals surface area contributed by atoms with Crippen molar-refractivity contribution in [2.75, 3.05) is 25.1 Å². The molecule has 0 spiro atoms. The molecule has 2 aromatic carbocycles. The second-order valence-corrected chi connectivity index (χ2v) is 6.87. The highest BCUT2D eigenvalue weighted by molar-refractivity contribution is 6.06. The van der Waals surface area contributed by atoms with Crippen molar-refractivity contribution in [3.63, 3.8) is 0 Å². The van der Waals surface area contributed by atoms with Crippen LogP contribution in [0.25, 0.3) is 10.9 Å². The molecule has 3 aromatic rings. The topological polar surface area (TPSA) is 104 Å². The first-order chi connectivity index (χ1) is 14.1. The Morgan fingerprint density at radius 1 is 1.21 bits per heavy atom. The monoisotopic (exact) mass is 392 g/mol. The molecule has 0 radical (unpaired) electrons. The first kappa shape index (κ1) is 18.7. The fraction of sp³-hybridized carbons (Fsp3) is 0.238. The number of Topliss-reactive ketones (excluding diaryl/α,β-unsaturated/α-hetero) is 1. The van der Waals surface area contributed by atoms with Crippen molar-refractivity contribution in [3.8, 4) is 5.75 Å². The number of amides is 2. The van der Waals surface area contributed by atoms with E-state index in [-0.39, 0.29) is 37.1 Å².